The smallest absolute Gasteiger partial charge is 0.266 e. The minimum absolute atomic E-state index is 0.152. The zero-order chi connectivity index (χ0) is 11.7. The van der Waals surface area contributed by atoms with Crippen LogP contribution in [0.1, 0.15) is 5.56 Å². The van der Waals surface area contributed by atoms with Gasteiger partial charge < -0.3 is 4.98 Å². The average Bonchev–Trinajstić information content (AvgIpc) is 2.50. The molecule has 1 N–H and O–H groups in total. The van der Waals surface area contributed by atoms with E-state index in [1.54, 1.807) is 24.3 Å². The van der Waals surface area contributed by atoms with Gasteiger partial charge in [0.05, 0.1) is 9.20 Å². The van der Waals surface area contributed by atoms with Crippen LogP contribution in [0.15, 0.2) is 23.0 Å². The number of aromatic amines is 1. The minimum Gasteiger partial charge on any atom is -0.313 e. The predicted octanol–water partition coefficient (Wildman–Crippen LogP) is 1.98. The minimum atomic E-state index is -0.152. The molecule has 0 aliphatic heterocycles. The molecule has 0 saturated heterocycles. The highest BCUT2D eigenvalue weighted by Gasteiger charge is 1.99. The summed E-state index contributed by atoms with van der Waals surface area (Å²) < 4.78 is 1.20. The van der Waals surface area contributed by atoms with E-state index in [0.29, 0.717) is 19.2 Å². The summed E-state index contributed by atoms with van der Waals surface area (Å²) in [6.45, 7) is 3.67. The molecule has 1 aromatic carbocycles. The molecule has 0 amide bonds. The first-order valence-electron chi connectivity index (χ1n) is 4.41. The first-order chi connectivity index (χ1) is 7.56. The lowest BCUT2D eigenvalue weighted by molar-refractivity contribution is 1.26. The molecule has 0 unspecified atom stereocenters. The number of benzene rings is 1. The molecule has 16 heavy (non-hydrogen) atoms. The zero-order valence-corrected chi connectivity index (χ0v) is 10.4. The lowest BCUT2D eigenvalue weighted by Gasteiger charge is -1.96. The molecule has 2 nitrogen and oxygen atoms in total. The van der Waals surface area contributed by atoms with Crippen LogP contribution in [-0.4, -0.2) is 4.98 Å². The van der Waals surface area contributed by atoms with Crippen LogP contribution in [0, 0.1) is 0 Å². The summed E-state index contributed by atoms with van der Waals surface area (Å²) in [5.74, 6) is 0. The number of H-pyrrole nitrogens is 1. The number of rotatable bonds is 1. The third kappa shape index (κ3) is 2.38. The number of halogens is 2. The van der Waals surface area contributed by atoms with E-state index in [-0.39, 0.29) is 5.56 Å². The Labute approximate surface area is 105 Å². The van der Waals surface area contributed by atoms with Gasteiger partial charge in [-0.05, 0) is 23.8 Å². The third-order valence-electron chi connectivity index (χ3n) is 1.96. The Morgan fingerprint density at radius 2 is 2.12 bits per heavy atom. The number of hydrogen-bond donors (Lipinski definition) is 1. The molecule has 0 fully saturated rings. The van der Waals surface area contributed by atoms with Crippen LogP contribution in [0.5, 0.6) is 0 Å². The van der Waals surface area contributed by atoms with Gasteiger partial charge in [0.1, 0.15) is 0 Å². The van der Waals surface area contributed by atoms with Crippen molar-refractivity contribution in [2.75, 3.05) is 0 Å². The number of hydrogen-bond acceptors (Lipinski definition) is 2. The fourth-order valence-corrected chi connectivity index (χ4v) is 2.45. The van der Waals surface area contributed by atoms with E-state index in [4.69, 9.17) is 23.2 Å². The number of nitrogens with one attached hydrogen (secondary N) is 1. The van der Waals surface area contributed by atoms with Crippen molar-refractivity contribution in [1.82, 2.24) is 4.98 Å². The van der Waals surface area contributed by atoms with Crippen molar-refractivity contribution < 1.29 is 0 Å². The van der Waals surface area contributed by atoms with Gasteiger partial charge in [-0.1, -0.05) is 35.8 Å². The van der Waals surface area contributed by atoms with Crippen LogP contribution >= 0.6 is 34.5 Å². The number of thiazole rings is 1. The summed E-state index contributed by atoms with van der Waals surface area (Å²) in [6.07, 6.45) is 1.72. The second-order valence-electron chi connectivity index (χ2n) is 3.15. The maximum Gasteiger partial charge on any atom is 0.266 e. The van der Waals surface area contributed by atoms with E-state index in [9.17, 15) is 4.79 Å². The van der Waals surface area contributed by atoms with Crippen LogP contribution in [0.25, 0.3) is 12.7 Å². The van der Waals surface area contributed by atoms with Crippen molar-refractivity contribution in [3.8, 4) is 0 Å². The molecule has 1 aromatic heterocycles. The van der Waals surface area contributed by atoms with Gasteiger partial charge >= 0.3 is 0 Å². The number of aromatic nitrogens is 1. The van der Waals surface area contributed by atoms with Gasteiger partial charge in [0, 0.05) is 10.0 Å². The molecule has 82 valence electrons. The van der Waals surface area contributed by atoms with Crippen molar-refractivity contribution in [2.45, 2.75) is 0 Å². The van der Waals surface area contributed by atoms with E-state index in [1.807, 2.05) is 0 Å². The Bertz CT molecular complexity index is 687. The molecule has 0 saturated carbocycles. The summed E-state index contributed by atoms with van der Waals surface area (Å²) >= 11 is 13.1. The average molecular weight is 272 g/mol. The lowest BCUT2D eigenvalue weighted by atomic mass is 10.2. The highest BCUT2D eigenvalue weighted by atomic mass is 35.5. The van der Waals surface area contributed by atoms with Gasteiger partial charge in [0.25, 0.3) is 5.56 Å². The molecule has 1 heterocycles. The quantitative estimate of drug-likeness (QED) is 0.846. The summed E-state index contributed by atoms with van der Waals surface area (Å²) in [5, 5.41) is 1.09. The van der Waals surface area contributed by atoms with Gasteiger partial charge in [-0.2, -0.15) is 0 Å². The summed E-state index contributed by atoms with van der Waals surface area (Å²) in [5.41, 5.74) is 0.611. The highest BCUT2D eigenvalue weighted by Crippen LogP contribution is 2.21. The normalized spacial score (nSPS) is 12.0. The van der Waals surface area contributed by atoms with E-state index in [0.717, 1.165) is 5.56 Å². The topological polar surface area (TPSA) is 32.9 Å². The molecule has 0 spiro atoms. The van der Waals surface area contributed by atoms with Gasteiger partial charge in [-0.15, -0.1) is 11.3 Å². The Kier molecular flexibility index (Phi) is 3.19. The molecular formula is C11H7Cl2NOS. The lowest BCUT2D eigenvalue weighted by Crippen LogP contribution is -2.19. The van der Waals surface area contributed by atoms with E-state index < -0.39 is 0 Å². The van der Waals surface area contributed by atoms with Crippen LogP contribution in [-0.2, 0) is 0 Å². The van der Waals surface area contributed by atoms with Gasteiger partial charge in [-0.3, -0.25) is 4.79 Å². The summed E-state index contributed by atoms with van der Waals surface area (Å²) in [7, 11) is 0. The standard InChI is InChI=1S/C11H7Cl2NOS/c1-6-14-11(15)10(16-6)4-7-2-3-8(12)5-9(7)13/h2-5H,1H2,(H,14,15)/b10-4-. The van der Waals surface area contributed by atoms with Crippen LogP contribution in [0.4, 0.5) is 0 Å². The molecular weight excluding hydrogens is 265 g/mol. The van der Waals surface area contributed by atoms with Crippen molar-refractivity contribution in [3.63, 3.8) is 0 Å². The second kappa shape index (κ2) is 4.45. The molecule has 2 aromatic rings. The Hall–Kier alpha value is -1.03. The van der Waals surface area contributed by atoms with Gasteiger partial charge in [-0.25, -0.2) is 0 Å². The fourth-order valence-electron chi connectivity index (χ4n) is 1.25. The Balaban J connectivity index is 2.63. The maximum atomic E-state index is 11.4. The first kappa shape index (κ1) is 11.5. The molecule has 0 atom stereocenters. The largest absolute Gasteiger partial charge is 0.313 e. The Morgan fingerprint density at radius 1 is 1.38 bits per heavy atom. The van der Waals surface area contributed by atoms with Crippen molar-refractivity contribution in [2.24, 2.45) is 0 Å². The monoisotopic (exact) mass is 271 g/mol. The Morgan fingerprint density at radius 3 is 2.69 bits per heavy atom. The summed E-state index contributed by atoms with van der Waals surface area (Å²) in [4.78, 5) is 14.0. The molecule has 0 bridgehead atoms. The zero-order valence-electron chi connectivity index (χ0n) is 8.09. The molecule has 0 radical (unpaired) electrons. The molecule has 2 rings (SSSR count). The van der Waals surface area contributed by atoms with Crippen LogP contribution in [0.2, 0.25) is 10.0 Å². The second-order valence-corrected chi connectivity index (χ2v) is 5.13. The van der Waals surface area contributed by atoms with Crippen LogP contribution in [0.3, 0.4) is 0 Å². The van der Waals surface area contributed by atoms with Gasteiger partial charge in [0.2, 0.25) is 0 Å². The van der Waals surface area contributed by atoms with Crippen LogP contribution < -0.4 is 14.8 Å². The molecule has 5 heteroatoms. The fraction of sp³-hybridized carbons (Fsp3) is 0. The molecule has 0 aliphatic carbocycles. The van der Waals surface area contributed by atoms with Crippen molar-refractivity contribution >= 4 is 47.2 Å². The van der Waals surface area contributed by atoms with E-state index >= 15 is 0 Å². The third-order valence-corrected chi connectivity index (χ3v) is 3.39. The first-order valence-corrected chi connectivity index (χ1v) is 5.98. The van der Waals surface area contributed by atoms with Crippen molar-refractivity contribution in [3.05, 3.63) is 53.4 Å². The van der Waals surface area contributed by atoms with Crippen molar-refractivity contribution in [1.29, 1.82) is 0 Å². The van der Waals surface area contributed by atoms with Gasteiger partial charge in [0.15, 0.2) is 0 Å². The highest BCUT2D eigenvalue weighted by molar-refractivity contribution is 7.07. The summed E-state index contributed by atoms with van der Waals surface area (Å²) in [6, 6.07) is 5.14. The predicted molar refractivity (Wildman–Crippen MR) is 69.7 cm³/mol. The maximum absolute atomic E-state index is 11.4. The molecule has 0 aliphatic rings. The van der Waals surface area contributed by atoms with E-state index in [2.05, 4.69) is 11.6 Å². The SMILES string of the molecule is C=c1[nH]c(=O)/c(=C/c2ccc(Cl)cc2Cl)s1. The van der Waals surface area contributed by atoms with E-state index in [1.165, 1.54) is 11.3 Å².